The zero-order valence-electron chi connectivity index (χ0n) is 6.37. The average Bonchev–Trinajstić information content (AvgIpc) is 2.31. The maximum absolute atomic E-state index is 13.0. The number of alkyl halides is 1. The van der Waals surface area contributed by atoms with E-state index >= 15 is 0 Å². The molecule has 0 saturated heterocycles. The van der Waals surface area contributed by atoms with Crippen LogP contribution in [-0.4, -0.2) is 27.4 Å². The van der Waals surface area contributed by atoms with Crippen molar-refractivity contribution in [3.63, 3.8) is 0 Å². The second-order valence-electron chi connectivity index (χ2n) is 2.40. The fourth-order valence-corrected chi connectivity index (χ4v) is 1.24. The molecule has 1 atom stereocenters. The number of halogens is 2. The maximum Gasteiger partial charge on any atom is 0.273 e. The molecule has 5 heteroatoms. The number of rotatable bonds is 3. The van der Waals surface area contributed by atoms with Gasteiger partial charge in [-0.05, 0) is 6.42 Å². The number of nitrogens with zero attached hydrogens (tertiary/aromatic N) is 3. The molecule has 0 N–H and O–H groups in total. The number of hydrogen-bond acceptors (Lipinski definition) is 3. The highest BCUT2D eigenvalue weighted by Crippen LogP contribution is 2.17. The summed E-state index contributed by atoms with van der Waals surface area (Å²) in [5, 5.41) is 5.34. The second kappa shape index (κ2) is 4.08. The highest BCUT2D eigenvalue weighted by molar-refractivity contribution is 14.1. The zero-order chi connectivity index (χ0) is 8.27. The summed E-state index contributed by atoms with van der Waals surface area (Å²) in [6.07, 6.45) is 2.49. The van der Waals surface area contributed by atoms with Gasteiger partial charge in [0.2, 0.25) is 0 Å². The molecule has 0 aromatic carbocycles. The van der Waals surface area contributed by atoms with Crippen LogP contribution in [0.15, 0.2) is 5.10 Å². The van der Waals surface area contributed by atoms with Crippen LogP contribution in [-0.2, 0) is 0 Å². The Morgan fingerprint density at radius 1 is 1.73 bits per heavy atom. The van der Waals surface area contributed by atoms with Crippen molar-refractivity contribution < 1.29 is 4.39 Å². The minimum atomic E-state index is -1.07. The number of hydrogen-bond donors (Lipinski definition) is 0. The molecule has 1 rings (SSSR count). The largest absolute Gasteiger partial charge is 0.273 e. The van der Waals surface area contributed by atoms with E-state index in [9.17, 15) is 4.39 Å². The first-order valence-electron chi connectivity index (χ1n) is 3.64. The molecule has 0 bridgehead atoms. The van der Waals surface area contributed by atoms with Gasteiger partial charge in [0, 0.05) is 6.54 Å². The van der Waals surface area contributed by atoms with Crippen LogP contribution in [0, 0.1) is 0 Å². The Morgan fingerprint density at radius 3 is 2.91 bits per heavy atom. The van der Waals surface area contributed by atoms with Crippen LogP contribution in [0.3, 0.4) is 0 Å². The fourth-order valence-electron chi connectivity index (χ4n) is 0.837. The molecular formula is C6H11FIN3. The number of unbranched alkanes of at least 4 members (excludes halogenated alkanes) is 1. The third kappa shape index (κ3) is 2.18. The summed E-state index contributed by atoms with van der Waals surface area (Å²) >= 11 is 1.89. The van der Waals surface area contributed by atoms with Gasteiger partial charge in [0.05, 0.1) is 22.9 Å². The molecule has 1 heterocycles. The summed E-state index contributed by atoms with van der Waals surface area (Å²) in [6, 6.07) is 0. The average molecular weight is 271 g/mol. The Labute approximate surface area is 79.7 Å². The van der Waals surface area contributed by atoms with Gasteiger partial charge in [0.15, 0.2) is 0 Å². The molecule has 0 amide bonds. The van der Waals surface area contributed by atoms with Gasteiger partial charge in [-0.15, -0.1) is 0 Å². The molecule has 0 aliphatic carbocycles. The minimum Gasteiger partial charge on any atom is -0.253 e. The number of hydrazone groups is 1. The van der Waals surface area contributed by atoms with E-state index in [-0.39, 0.29) is 0 Å². The third-order valence-corrected chi connectivity index (χ3v) is 2.21. The van der Waals surface area contributed by atoms with Crippen molar-refractivity contribution in [1.82, 2.24) is 8.12 Å². The predicted octanol–water partition coefficient (Wildman–Crippen LogP) is 1.95. The van der Waals surface area contributed by atoms with E-state index in [1.54, 1.807) is 0 Å². The zero-order valence-corrected chi connectivity index (χ0v) is 8.53. The molecule has 0 aromatic heterocycles. The van der Waals surface area contributed by atoms with Crippen molar-refractivity contribution in [2.75, 3.05) is 6.54 Å². The summed E-state index contributed by atoms with van der Waals surface area (Å²) in [4.78, 5) is 0. The first kappa shape index (κ1) is 9.02. The highest BCUT2D eigenvalue weighted by Gasteiger charge is 2.24. The molecule has 3 nitrogen and oxygen atoms in total. The van der Waals surface area contributed by atoms with Crippen LogP contribution in [0.5, 0.6) is 0 Å². The third-order valence-electron chi connectivity index (χ3n) is 1.50. The van der Waals surface area contributed by atoms with E-state index < -0.39 is 6.42 Å². The standard InChI is InChI=1S/C6H11FIN3/c1-2-3-4-11-6(7)10(8)5-9-11/h5-6H,2-4H2,1H3. The van der Waals surface area contributed by atoms with E-state index in [2.05, 4.69) is 12.0 Å². The summed E-state index contributed by atoms with van der Waals surface area (Å²) in [5.74, 6) is 0. The lowest BCUT2D eigenvalue weighted by molar-refractivity contribution is 0.0615. The summed E-state index contributed by atoms with van der Waals surface area (Å²) in [6.45, 7) is 2.78. The monoisotopic (exact) mass is 271 g/mol. The molecule has 0 saturated carbocycles. The maximum atomic E-state index is 13.0. The molecule has 0 radical (unpaired) electrons. The van der Waals surface area contributed by atoms with E-state index in [0.29, 0.717) is 6.54 Å². The normalized spacial score (nSPS) is 23.4. The molecule has 0 fully saturated rings. The van der Waals surface area contributed by atoms with Gasteiger partial charge in [0.1, 0.15) is 6.34 Å². The lowest BCUT2D eigenvalue weighted by Crippen LogP contribution is -2.30. The topological polar surface area (TPSA) is 18.8 Å². The molecule has 0 aromatic rings. The van der Waals surface area contributed by atoms with Gasteiger partial charge >= 0.3 is 0 Å². The predicted molar refractivity (Wildman–Crippen MR) is 50.9 cm³/mol. The van der Waals surface area contributed by atoms with Crippen LogP contribution in [0.25, 0.3) is 0 Å². The van der Waals surface area contributed by atoms with Crippen molar-refractivity contribution in [1.29, 1.82) is 0 Å². The molecule has 11 heavy (non-hydrogen) atoms. The molecule has 1 unspecified atom stereocenters. The van der Waals surface area contributed by atoms with E-state index in [4.69, 9.17) is 0 Å². The molecular weight excluding hydrogens is 260 g/mol. The molecule has 1 aliphatic rings. The van der Waals surface area contributed by atoms with Gasteiger partial charge in [-0.25, -0.2) is 5.01 Å². The Hall–Kier alpha value is -0.0700. The van der Waals surface area contributed by atoms with Crippen molar-refractivity contribution in [2.24, 2.45) is 5.10 Å². The van der Waals surface area contributed by atoms with Crippen molar-refractivity contribution in [3.8, 4) is 0 Å². The van der Waals surface area contributed by atoms with Crippen LogP contribution >= 0.6 is 22.9 Å². The lowest BCUT2D eigenvalue weighted by Gasteiger charge is -2.18. The summed E-state index contributed by atoms with van der Waals surface area (Å²) in [5.41, 5.74) is 0. The quantitative estimate of drug-likeness (QED) is 0.444. The van der Waals surface area contributed by atoms with E-state index in [1.807, 2.05) is 22.9 Å². The smallest absolute Gasteiger partial charge is 0.253 e. The molecule has 0 spiro atoms. The summed E-state index contributed by atoms with van der Waals surface area (Å²) < 4.78 is 14.4. The van der Waals surface area contributed by atoms with Gasteiger partial charge < -0.3 is 0 Å². The van der Waals surface area contributed by atoms with Gasteiger partial charge in [-0.3, -0.25) is 3.11 Å². The first-order chi connectivity index (χ1) is 5.25. The second-order valence-corrected chi connectivity index (χ2v) is 3.52. The Morgan fingerprint density at radius 2 is 2.45 bits per heavy atom. The van der Waals surface area contributed by atoms with Crippen LogP contribution in [0.4, 0.5) is 4.39 Å². The van der Waals surface area contributed by atoms with Gasteiger partial charge in [-0.2, -0.15) is 9.49 Å². The fraction of sp³-hybridized carbons (Fsp3) is 0.833. The SMILES string of the molecule is CCCCN1N=CN(I)C1F. The Kier molecular flexibility index (Phi) is 3.35. The summed E-state index contributed by atoms with van der Waals surface area (Å²) in [7, 11) is 0. The Balaban J connectivity index is 2.31. The minimum absolute atomic E-state index is 0.702. The highest BCUT2D eigenvalue weighted by atomic mass is 127. The van der Waals surface area contributed by atoms with Gasteiger partial charge in [0.25, 0.3) is 6.42 Å². The van der Waals surface area contributed by atoms with Crippen molar-refractivity contribution in [2.45, 2.75) is 26.2 Å². The van der Waals surface area contributed by atoms with Crippen molar-refractivity contribution >= 4 is 29.2 Å². The van der Waals surface area contributed by atoms with Crippen LogP contribution in [0.1, 0.15) is 19.8 Å². The van der Waals surface area contributed by atoms with Crippen molar-refractivity contribution in [3.05, 3.63) is 0 Å². The van der Waals surface area contributed by atoms with E-state index in [0.717, 1.165) is 12.8 Å². The Bertz CT molecular complexity index is 153. The molecule has 64 valence electrons. The van der Waals surface area contributed by atoms with Crippen LogP contribution in [0.2, 0.25) is 0 Å². The lowest BCUT2D eigenvalue weighted by atomic mass is 10.3. The van der Waals surface area contributed by atoms with E-state index in [1.165, 1.54) is 14.5 Å². The van der Waals surface area contributed by atoms with Gasteiger partial charge in [-0.1, -0.05) is 13.3 Å². The van der Waals surface area contributed by atoms with Crippen LogP contribution < -0.4 is 0 Å². The molecule has 1 aliphatic heterocycles. The first-order valence-corrected chi connectivity index (χ1v) is 4.61.